The van der Waals surface area contributed by atoms with Crippen molar-refractivity contribution in [3.63, 3.8) is 0 Å². The molecule has 0 unspecified atom stereocenters. The molecular formula is C10H11NO2. The molecule has 0 aromatic rings. The van der Waals surface area contributed by atoms with Gasteiger partial charge in [-0.2, -0.15) is 0 Å². The van der Waals surface area contributed by atoms with E-state index in [4.69, 9.17) is 4.74 Å². The van der Waals surface area contributed by atoms with Crippen LogP contribution in [0.5, 0.6) is 0 Å². The fourth-order valence-corrected chi connectivity index (χ4v) is 0.775. The molecule has 0 aromatic heterocycles. The summed E-state index contributed by atoms with van der Waals surface area (Å²) in [6.07, 6.45) is 12.2. The van der Waals surface area contributed by atoms with Crippen LogP contribution in [0.3, 0.4) is 0 Å². The van der Waals surface area contributed by atoms with Gasteiger partial charge in [0, 0.05) is 7.05 Å². The highest BCUT2D eigenvalue weighted by Crippen LogP contribution is 2.03. The Bertz CT molecular complexity index is 298. The normalized spacial score (nSPS) is 14.4. The summed E-state index contributed by atoms with van der Waals surface area (Å²) >= 11 is 0. The van der Waals surface area contributed by atoms with E-state index in [-0.39, 0.29) is 0 Å². The fourth-order valence-electron chi connectivity index (χ4n) is 0.775. The van der Waals surface area contributed by atoms with Gasteiger partial charge in [-0.1, -0.05) is 30.4 Å². The standard InChI is InChI=1S/C10H11NO2/c1-11-10(12)13-9-7-5-3-2-4-6-8-9/h2-8H,1H3,(H,11,12). The van der Waals surface area contributed by atoms with Crippen LogP contribution in [-0.2, 0) is 4.74 Å². The predicted octanol–water partition coefficient (Wildman–Crippen LogP) is 1.91. The van der Waals surface area contributed by atoms with E-state index in [0.717, 1.165) is 0 Å². The summed E-state index contributed by atoms with van der Waals surface area (Å²) in [4.78, 5) is 10.8. The predicted molar refractivity (Wildman–Crippen MR) is 51.0 cm³/mol. The number of carbonyl (C=O) groups is 1. The fraction of sp³-hybridized carbons (Fsp3) is 0.100. The van der Waals surface area contributed by atoms with Gasteiger partial charge in [0.05, 0.1) is 0 Å². The Morgan fingerprint density at radius 3 is 2.69 bits per heavy atom. The van der Waals surface area contributed by atoms with Crippen LogP contribution in [0.15, 0.2) is 48.3 Å². The molecule has 0 spiro atoms. The number of nitrogens with one attached hydrogen (secondary N) is 1. The van der Waals surface area contributed by atoms with E-state index >= 15 is 0 Å². The summed E-state index contributed by atoms with van der Waals surface area (Å²) < 4.78 is 4.92. The van der Waals surface area contributed by atoms with Gasteiger partial charge in [0.25, 0.3) is 0 Å². The third-order valence-corrected chi connectivity index (χ3v) is 1.38. The Balaban J connectivity index is 2.63. The van der Waals surface area contributed by atoms with Crippen LogP contribution < -0.4 is 5.32 Å². The molecule has 0 aliphatic heterocycles. The highest BCUT2D eigenvalue weighted by Gasteiger charge is 1.99. The van der Waals surface area contributed by atoms with Crippen molar-refractivity contribution in [2.45, 2.75) is 0 Å². The van der Waals surface area contributed by atoms with Gasteiger partial charge in [0.1, 0.15) is 5.76 Å². The molecule has 0 bridgehead atoms. The molecule has 0 fully saturated rings. The molecule has 0 aromatic carbocycles. The number of hydrogen-bond donors (Lipinski definition) is 1. The van der Waals surface area contributed by atoms with Crippen LogP contribution in [0.1, 0.15) is 0 Å². The van der Waals surface area contributed by atoms with Crippen molar-refractivity contribution in [2.24, 2.45) is 0 Å². The minimum atomic E-state index is -0.464. The highest BCUT2D eigenvalue weighted by atomic mass is 16.6. The maximum Gasteiger partial charge on any atom is 0.412 e. The second-order valence-electron chi connectivity index (χ2n) is 2.34. The van der Waals surface area contributed by atoms with Crippen LogP contribution in [-0.4, -0.2) is 13.1 Å². The van der Waals surface area contributed by atoms with Gasteiger partial charge in [-0.05, 0) is 12.2 Å². The van der Waals surface area contributed by atoms with Crippen molar-refractivity contribution in [2.75, 3.05) is 7.05 Å². The SMILES string of the molecule is CNC(=O)OC1=CC=CC=CC=C1. The minimum absolute atomic E-state index is 0.464. The summed E-state index contributed by atoms with van der Waals surface area (Å²) in [6.45, 7) is 0. The van der Waals surface area contributed by atoms with Crippen LogP contribution in [0.4, 0.5) is 4.79 Å². The molecule has 0 radical (unpaired) electrons. The molecule has 13 heavy (non-hydrogen) atoms. The number of allylic oxidation sites excluding steroid dienone is 7. The molecular weight excluding hydrogens is 166 g/mol. The number of ether oxygens (including phenoxy) is 1. The molecule has 1 aliphatic rings. The largest absolute Gasteiger partial charge is 0.412 e. The highest BCUT2D eigenvalue weighted by molar-refractivity contribution is 5.68. The Morgan fingerprint density at radius 1 is 1.23 bits per heavy atom. The molecule has 1 aliphatic carbocycles. The number of rotatable bonds is 1. The Hall–Kier alpha value is -1.77. The van der Waals surface area contributed by atoms with Crippen LogP contribution in [0, 0.1) is 0 Å². The second kappa shape index (κ2) is 4.98. The van der Waals surface area contributed by atoms with Crippen molar-refractivity contribution in [1.29, 1.82) is 0 Å². The molecule has 0 heterocycles. The zero-order valence-corrected chi connectivity index (χ0v) is 7.36. The average molecular weight is 177 g/mol. The van der Waals surface area contributed by atoms with Crippen molar-refractivity contribution in [1.82, 2.24) is 5.32 Å². The van der Waals surface area contributed by atoms with Gasteiger partial charge in [-0.15, -0.1) is 0 Å². The Kier molecular flexibility index (Phi) is 3.57. The first kappa shape index (κ1) is 9.32. The van der Waals surface area contributed by atoms with Crippen molar-refractivity contribution >= 4 is 6.09 Å². The monoisotopic (exact) mass is 177 g/mol. The number of carbonyl (C=O) groups excluding carboxylic acids is 1. The summed E-state index contributed by atoms with van der Waals surface area (Å²) in [7, 11) is 1.52. The van der Waals surface area contributed by atoms with E-state index in [2.05, 4.69) is 5.32 Å². The first-order valence-corrected chi connectivity index (χ1v) is 3.94. The smallest absolute Gasteiger partial charge is 0.410 e. The number of alkyl carbamates (subject to hydrolysis) is 1. The molecule has 1 N–H and O–H groups in total. The van der Waals surface area contributed by atoms with Crippen LogP contribution in [0.25, 0.3) is 0 Å². The third-order valence-electron chi connectivity index (χ3n) is 1.38. The van der Waals surface area contributed by atoms with Crippen molar-refractivity contribution in [3.05, 3.63) is 48.3 Å². The van der Waals surface area contributed by atoms with Gasteiger partial charge in [0.2, 0.25) is 0 Å². The average Bonchev–Trinajstić information content (AvgIpc) is 2.09. The molecule has 0 saturated carbocycles. The van der Waals surface area contributed by atoms with Gasteiger partial charge in [-0.3, -0.25) is 0 Å². The Labute approximate surface area is 77.1 Å². The van der Waals surface area contributed by atoms with Gasteiger partial charge in [-0.25, -0.2) is 4.79 Å². The topological polar surface area (TPSA) is 38.3 Å². The van der Waals surface area contributed by atoms with Crippen molar-refractivity contribution < 1.29 is 9.53 Å². The first-order valence-electron chi connectivity index (χ1n) is 3.94. The number of amides is 1. The van der Waals surface area contributed by atoms with E-state index in [1.807, 2.05) is 18.2 Å². The Morgan fingerprint density at radius 2 is 1.92 bits per heavy atom. The van der Waals surface area contributed by atoms with Gasteiger partial charge < -0.3 is 10.1 Å². The second-order valence-corrected chi connectivity index (χ2v) is 2.34. The van der Waals surface area contributed by atoms with E-state index in [9.17, 15) is 4.79 Å². The quantitative estimate of drug-likeness (QED) is 0.664. The molecule has 0 saturated heterocycles. The summed E-state index contributed by atoms with van der Waals surface area (Å²) in [5.41, 5.74) is 0. The lowest BCUT2D eigenvalue weighted by molar-refractivity contribution is 0.181. The zero-order valence-electron chi connectivity index (χ0n) is 7.36. The molecule has 3 nitrogen and oxygen atoms in total. The lowest BCUT2D eigenvalue weighted by Crippen LogP contribution is -2.18. The van der Waals surface area contributed by atoms with E-state index in [1.165, 1.54) is 7.05 Å². The molecule has 68 valence electrons. The van der Waals surface area contributed by atoms with E-state index in [0.29, 0.717) is 5.76 Å². The summed E-state index contributed by atoms with van der Waals surface area (Å²) in [5, 5.41) is 2.37. The van der Waals surface area contributed by atoms with Crippen LogP contribution in [0.2, 0.25) is 0 Å². The third kappa shape index (κ3) is 3.42. The molecule has 0 atom stereocenters. The van der Waals surface area contributed by atoms with Gasteiger partial charge >= 0.3 is 6.09 Å². The minimum Gasteiger partial charge on any atom is -0.410 e. The maximum atomic E-state index is 10.8. The summed E-state index contributed by atoms with van der Waals surface area (Å²) in [6, 6.07) is 0. The molecule has 1 amide bonds. The molecule has 3 heteroatoms. The number of hydrogen-bond acceptors (Lipinski definition) is 2. The zero-order chi connectivity index (χ0) is 9.52. The lowest BCUT2D eigenvalue weighted by atomic mass is 10.3. The lowest BCUT2D eigenvalue weighted by Gasteiger charge is -2.02. The summed E-state index contributed by atoms with van der Waals surface area (Å²) in [5.74, 6) is 0.514. The first-order chi connectivity index (χ1) is 6.33. The van der Waals surface area contributed by atoms with Crippen molar-refractivity contribution in [3.8, 4) is 0 Å². The van der Waals surface area contributed by atoms with E-state index in [1.54, 1.807) is 24.3 Å². The maximum absolute atomic E-state index is 10.8. The molecule has 1 rings (SSSR count). The van der Waals surface area contributed by atoms with Gasteiger partial charge in [0.15, 0.2) is 0 Å². The van der Waals surface area contributed by atoms with Crippen LogP contribution >= 0.6 is 0 Å². The van der Waals surface area contributed by atoms with E-state index < -0.39 is 6.09 Å².